The van der Waals surface area contributed by atoms with E-state index in [1.165, 1.54) is 11.8 Å². The van der Waals surface area contributed by atoms with Crippen LogP contribution in [0.4, 0.5) is 0 Å². The lowest BCUT2D eigenvalue weighted by Gasteiger charge is -2.03. The van der Waals surface area contributed by atoms with Crippen LogP contribution in [0.15, 0.2) is 99.5 Å². The van der Waals surface area contributed by atoms with E-state index in [0.717, 1.165) is 28.1 Å². The summed E-state index contributed by atoms with van der Waals surface area (Å²) in [6, 6.07) is 25.3. The first-order valence-corrected chi connectivity index (χ1v) is 10.9. The first-order chi connectivity index (χ1) is 15.2. The highest BCUT2D eigenvalue weighted by molar-refractivity contribution is 7.98. The molecule has 2 aromatic carbocycles. The third-order valence-corrected chi connectivity index (χ3v) is 5.77. The number of oxazole rings is 1. The Morgan fingerprint density at radius 2 is 1.61 bits per heavy atom. The number of aryl methyl sites for hydroxylation is 1. The van der Waals surface area contributed by atoms with Crippen LogP contribution >= 0.6 is 11.8 Å². The molecule has 0 aliphatic heterocycles. The highest BCUT2D eigenvalue weighted by Crippen LogP contribution is 2.36. The molecule has 5 aromatic rings. The highest BCUT2D eigenvalue weighted by atomic mass is 32.2. The maximum atomic E-state index is 12.4. The molecule has 0 unspecified atom stereocenters. The smallest absolute Gasteiger partial charge is 0.258 e. The molecule has 0 atom stereocenters. The van der Waals surface area contributed by atoms with E-state index in [0.29, 0.717) is 22.3 Å². The lowest BCUT2D eigenvalue weighted by molar-refractivity contribution is 0.466. The Hall–Kier alpha value is -3.64. The predicted molar refractivity (Wildman–Crippen MR) is 123 cm³/mol. The Morgan fingerprint density at radius 1 is 0.903 bits per heavy atom. The molecule has 31 heavy (non-hydrogen) atoms. The molecule has 0 amide bonds. The molecule has 0 saturated carbocycles. The maximum absolute atomic E-state index is 12.4. The average Bonchev–Trinajstić information content (AvgIpc) is 3.23. The van der Waals surface area contributed by atoms with Gasteiger partial charge in [0.2, 0.25) is 0 Å². The van der Waals surface area contributed by atoms with E-state index in [2.05, 4.69) is 4.98 Å². The van der Waals surface area contributed by atoms with Gasteiger partial charge in [0.15, 0.2) is 5.76 Å². The molecule has 0 aliphatic rings. The number of fused-ring (bicyclic) bond motifs is 1. The van der Waals surface area contributed by atoms with Crippen molar-refractivity contribution in [2.75, 3.05) is 0 Å². The van der Waals surface area contributed by atoms with Crippen LogP contribution in [0.2, 0.25) is 0 Å². The van der Waals surface area contributed by atoms with Crippen LogP contribution in [0, 0.1) is 6.92 Å². The SMILES string of the molecule is Cc1ccn2c(=O)cc(CSc3nc(-c4ccccc4)c(-c4ccccc4)o3)nc2c1. The van der Waals surface area contributed by atoms with Gasteiger partial charge in [-0.25, -0.2) is 9.97 Å². The fraction of sp³-hybridized carbons (Fsp3) is 0.0800. The number of aromatic nitrogens is 3. The van der Waals surface area contributed by atoms with E-state index in [4.69, 9.17) is 9.40 Å². The van der Waals surface area contributed by atoms with Crippen molar-refractivity contribution in [2.45, 2.75) is 17.9 Å². The summed E-state index contributed by atoms with van der Waals surface area (Å²) in [5.74, 6) is 1.22. The summed E-state index contributed by atoms with van der Waals surface area (Å²) in [6.45, 7) is 1.98. The Morgan fingerprint density at radius 3 is 2.35 bits per heavy atom. The van der Waals surface area contributed by atoms with Crippen molar-refractivity contribution < 1.29 is 4.42 Å². The van der Waals surface area contributed by atoms with Crippen LogP contribution < -0.4 is 5.56 Å². The summed E-state index contributed by atoms with van der Waals surface area (Å²) in [4.78, 5) is 21.8. The van der Waals surface area contributed by atoms with E-state index >= 15 is 0 Å². The molecule has 3 aromatic heterocycles. The van der Waals surface area contributed by atoms with Gasteiger partial charge in [-0.3, -0.25) is 9.20 Å². The van der Waals surface area contributed by atoms with E-state index in [1.54, 1.807) is 16.7 Å². The Balaban J connectivity index is 1.48. The Kier molecular flexibility index (Phi) is 5.14. The van der Waals surface area contributed by atoms with Crippen LogP contribution in [-0.4, -0.2) is 14.4 Å². The van der Waals surface area contributed by atoms with Gasteiger partial charge in [0.05, 0.1) is 5.69 Å². The zero-order valence-corrected chi connectivity index (χ0v) is 17.7. The molecule has 0 radical (unpaired) electrons. The van der Waals surface area contributed by atoms with E-state index in [-0.39, 0.29) is 5.56 Å². The second-order valence-electron chi connectivity index (χ2n) is 7.20. The van der Waals surface area contributed by atoms with Gasteiger partial charge in [-0.05, 0) is 24.6 Å². The van der Waals surface area contributed by atoms with Crippen molar-refractivity contribution in [1.29, 1.82) is 0 Å². The summed E-state index contributed by atoms with van der Waals surface area (Å²) < 4.78 is 7.70. The maximum Gasteiger partial charge on any atom is 0.258 e. The molecule has 5 nitrogen and oxygen atoms in total. The molecule has 6 heteroatoms. The van der Waals surface area contributed by atoms with Gasteiger partial charge in [0, 0.05) is 29.1 Å². The molecule has 3 heterocycles. The molecule has 5 rings (SSSR count). The van der Waals surface area contributed by atoms with Crippen molar-refractivity contribution in [2.24, 2.45) is 0 Å². The summed E-state index contributed by atoms with van der Waals surface area (Å²) in [7, 11) is 0. The van der Waals surface area contributed by atoms with Crippen LogP contribution in [0.5, 0.6) is 0 Å². The lowest BCUT2D eigenvalue weighted by atomic mass is 10.1. The van der Waals surface area contributed by atoms with Gasteiger partial charge in [0.25, 0.3) is 10.8 Å². The first kappa shape index (κ1) is 19.3. The van der Waals surface area contributed by atoms with Gasteiger partial charge in [0.1, 0.15) is 11.3 Å². The molecule has 0 aliphatic carbocycles. The van der Waals surface area contributed by atoms with Crippen LogP contribution in [0.1, 0.15) is 11.3 Å². The molecule has 0 saturated heterocycles. The molecule has 0 bridgehead atoms. The standard InChI is InChI=1S/C25H19N3O2S/c1-17-12-13-28-21(14-17)26-20(15-22(28)29)16-31-25-27-23(18-8-4-2-5-9-18)24(30-25)19-10-6-3-7-11-19/h2-15H,16H2,1H3. The monoisotopic (exact) mass is 425 g/mol. The number of rotatable bonds is 5. The number of pyridine rings is 1. The topological polar surface area (TPSA) is 60.4 Å². The summed E-state index contributed by atoms with van der Waals surface area (Å²) in [5.41, 5.74) is 5.07. The van der Waals surface area contributed by atoms with Crippen LogP contribution in [0.3, 0.4) is 0 Å². The highest BCUT2D eigenvalue weighted by Gasteiger charge is 2.17. The zero-order valence-electron chi connectivity index (χ0n) is 16.9. The van der Waals surface area contributed by atoms with Crippen molar-refractivity contribution in [3.05, 3.63) is 107 Å². The van der Waals surface area contributed by atoms with Gasteiger partial charge in [-0.15, -0.1) is 0 Å². The molecule has 0 spiro atoms. The average molecular weight is 426 g/mol. The minimum absolute atomic E-state index is 0.0945. The van der Waals surface area contributed by atoms with Crippen molar-refractivity contribution >= 4 is 17.4 Å². The number of nitrogens with zero attached hydrogens (tertiary/aromatic N) is 3. The van der Waals surface area contributed by atoms with Crippen molar-refractivity contribution in [3.8, 4) is 22.6 Å². The van der Waals surface area contributed by atoms with Gasteiger partial charge < -0.3 is 4.42 Å². The molecule has 0 fully saturated rings. The van der Waals surface area contributed by atoms with Gasteiger partial charge in [-0.2, -0.15) is 0 Å². The van der Waals surface area contributed by atoms with Crippen LogP contribution in [-0.2, 0) is 5.75 Å². The van der Waals surface area contributed by atoms with E-state index in [9.17, 15) is 4.79 Å². The zero-order chi connectivity index (χ0) is 21.2. The normalized spacial score (nSPS) is 11.1. The third kappa shape index (κ3) is 4.02. The number of hydrogen-bond acceptors (Lipinski definition) is 5. The first-order valence-electron chi connectivity index (χ1n) is 9.91. The van der Waals surface area contributed by atoms with E-state index < -0.39 is 0 Å². The Labute approximate surface area is 183 Å². The second-order valence-corrected chi connectivity index (χ2v) is 8.12. The van der Waals surface area contributed by atoms with Gasteiger partial charge in [-0.1, -0.05) is 72.4 Å². The summed E-state index contributed by atoms with van der Waals surface area (Å²) >= 11 is 1.43. The minimum atomic E-state index is -0.0945. The summed E-state index contributed by atoms with van der Waals surface area (Å²) in [5, 5.41) is 0.545. The lowest BCUT2D eigenvalue weighted by Crippen LogP contribution is -2.15. The molecular weight excluding hydrogens is 406 g/mol. The molecule has 0 N–H and O–H groups in total. The molecule has 152 valence electrons. The quantitative estimate of drug-likeness (QED) is 0.342. The number of benzene rings is 2. The van der Waals surface area contributed by atoms with Crippen LogP contribution in [0.25, 0.3) is 28.2 Å². The largest absolute Gasteiger partial charge is 0.431 e. The second kappa shape index (κ2) is 8.24. The predicted octanol–water partition coefficient (Wildman–Crippen LogP) is 5.62. The van der Waals surface area contributed by atoms with Crippen molar-refractivity contribution in [3.63, 3.8) is 0 Å². The Bertz CT molecular complexity index is 1350. The van der Waals surface area contributed by atoms with E-state index in [1.807, 2.05) is 79.7 Å². The van der Waals surface area contributed by atoms with Crippen molar-refractivity contribution in [1.82, 2.24) is 14.4 Å². The number of thioether (sulfide) groups is 1. The fourth-order valence-corrected chi connectivity index (χ4v) is 4.12. The minimum Gasteiger partial charge on any atom is -0.431 e. The third-order valence-electron chi connectivity index (χ3n) is 4.91. The number of hydrogen-bond donors (Lipinski definition) is 0. The fourth-order valence-electron chi connectivity index (χ4n) is 3.40. The summed E-state index contributed by atoms with van der Waals surface area (Å²) in [6.07, 6.45) is 1.75. The van der Waals surface area contributed by atoms with Gasteiger partial charge >= 0.3 is 0 Å². The molecular formula is C25H19N3O2S.